The Morgan fingerprint density at radius 1 is 0.420 bits per heavy atom. The van der Waals surface area contributed by atoms with Crippen molar-refractivity contribution in [2.24, 2.45) is 151 Å². The van der Waals surface area contributed by atoms with E-state index in [1.54, 1.807) is 13.8 Å². The van der Waals surface area contributed by atoms with E-state index in [4.69, 9.17) is 24.2 Å². The number of halogens is 3. The highest BCUT2D eigenvalue weighted by Crippen LogP contribution is 2.54. The van der Waals surface area contributed by atoms with Crippen LogP contribution in [-0.2, 0) is 18.9 Å². The molecule has 0 spiro atoms. The predicted molar refractivity (Wildman–Crippen MR) is 584 cm³/mol. The van der Waals surface area contributed by atoms with E-state index in [9.17, 15) is 13.2 Å². The van der Waals surface area contributed by atoms with Gasteiger partial charge in [0.25, 0.3) is 0 Å². The lowest BCUT2D eigenvalue weighted by atomic mass is 9.63. The number of rotatable bonds is 30. The molecule has 9 rings (SSSR count). The first-order chi connectivity index (χ1) is 60.4. The number of hydrogen-bond donors (Lipinski definition) is 1. The van der Waals surface area contributed by atoms with Crippen molar-refractivity contribution in [3.8, 4) is 6.07 Å². The van der Waals surface area contributed by atoms with Crippen LogP contribution in [0.15, 0.2) is 0 Å². The van der Waals surface area contributed by atoms with Gasteiger partial charge in [-0.1, -0.05) is 374 Å². The Bertz CT molecular complexity index is 2450. The molecule has 0 amide bonds. The quantitative estimate of drug-likeness (QED) is 0.0773. The molecule has 4 aliphatic heterocycles. The van der Waals surface area contributed by atoms with Gasteiger partial charge in [-0.3, -0.25) is 0 Å². The fourth-order valence-electron chi connectivity index (χ4n) is 19.6. The average Bonchev–Trinajstić information content (AvgIpc) is 1.72. The predicted octanol–water partition coefficient (Wildman–Crippen LogP) is 41.1. The van der Waals surface area contributed by atoms with Gasteiger partial charge >= 0.3 is 6.18 Å². The second-order valence-corrected chi connectivity index (χ2v) is 51.7. The van der Waals surface area contributed by atoms with Gasteiger partial charge in [0.2, 0.25) is 0 Å². The minimum absolute atomic E-state index is 0.0220. The lowest BCUT2D eigenvalue weighted by Gasteiger charge is -2.42. The Hall–Kier alpha value is -0.920. The van der Waals surface area contributed by atoms with Crippen molar-refractivity contribution in [2.75, 3.05) is 46.1 Å². The van der Waals surface area contributed by atoms with Crippen molar-refractivity contribution in [3.05, 3.63) is 0 Å². The Morgan fingerprint density at radius 3 is 1.02 bits per heavy atom. The SMILES string of the molecule is CC(C)C1CC1.CC(C)C1CNC1.CC(C)CC(C)(C)C(F)(F)F.CC(C)CC(C)C.CC(C)CC1(C)CCOCC1.CC(C)CC1CCCO1.CC(C)CCC1(C)CCCC1.CC(C)OC(C)(C)C.CCC(C#N)C(C)C.CCC(C)C.CCC1(C(C)C)CC1.CCC1(CC(C)C)CCC1.CCC1(CC(C)C)CCOCC1.CCC1CCC(C(C)C)CC1.CCCCC(C)C. The molecule has 4 heterocycles. The van der Waals surface area contributed by atoms with Gasteiger partial charge in [-0.25, -0.2) is 0 Å². The first-order valence-electron chi connectivity index (χ1n) is 57.0. The van der Waals surface area contributed by atoms with Crippen LogP contribution < -0.4 is 5.32 Å². The first-order valence-corrected chi connectivity index (χ1v) is 57.0. The van der Waals surface area contributed by atoms with Gasteiger partial charge in [0.15, 0.2) is 0 Å². The third kappa shape index (κ3) is 83.4. The summed E-state index contributed by atoms with van der Waals surface area (Å²) in [5.41, 5.74) is 1.98. The van der Waals surface area contributed by atoms with Crippen LogP contribution >= 0.6 is 0 Å². The summed E-state index contributed by atoms with van der Waals surface area (Å²) >= 11 is 0. The summed E-state index contributed by atoms with van der Waals surface area (Å²) < 4.78 is 58.2. The molecule has 5 saturated carbocycles. The molecule has 2 unspecified atom stereocenters. The van der Waals surface area contributed by atoms with Crippen molar-refractivity contribution in [1.82, 2.24) is 5.32 Å². The van der Waals surface area contributed by atoms with E-state index in [0.29, 0.717) is 29.0 Å². The summed E-state index contributed by atoms with van der Waals surface area (Å²) in [7, 11) is 0. The minimum atomic E-state index is -4.07. The zero-order chi connectivity index (χ0) is 103. The maximum atomic E-state index is 12.2. The second-order valence-electron chi connectivity index (χ2n) is 51.7. The summed E-state index contributed by atoms with van der Waals surface area (Å²) in [6.07, 6.45) is 48.7. The van der Waals surface area contributed by atoms with Crippen molar-refractivity contribution in [1.29, 1.82) is 5.26 Å². The second kappa shape index (κ2) is 78.7. The molecular weight excluding hydrogens is 1610 g/mol. The molecule has 9 aliphatic rings. The van der Waals surface area contributed by atoms with Gasteiger partial charge < -0.3 is 24.3 Å². The molecule has 794 valence electrons. The van der Waals surface area contributed by atoms with E-state index in [0.717, 1.165) is 156 Å². The molecule has 5 aliphatic carbocycles. The number of nitrogens with zero attached hydrogens (tertiary/aromatic N) is 1. The molecule has 9 heteroatoms. The Balaban J connectivity index is -0.000000321. The van der Waals surface area contributed by atoms with E-state index in [2.05, 4.69) is 281 Å². The number of nitriles is 1. The van der Waals surface area contributed by atoms with Crippen LogP contribution in [0.1, 0.15) is 562 Å². The molecule has 9 fully saturated rings. The highest BCUT2D eigenvalue weighted by molar-refractivity contribution is 4.94. The smallest absolute Gasteiger partial charge is 0.381 e. The maximum absolute atomic E-state index is 12.2. The summed E-state index contributed by atoms with van der Waals surface area (Å²) in [6.45, 7) is 108. The first kappa shape index (κ1) is 141. The highest BCUT2D eigenvalue weighted by atomic mass is 19.4. The average molecular weight is 1870 g/mol. The molecule has 4 saturated heterocycles. The van der Waals surface area contributed by atoms with Crippen molar-refractivity contribution >= 4 is 0 Å². The van der Waals surface area contributed by atoms with Crippen LogP contribution in [0.3, 0.4) is 0 Å². The summed E-state index contributed by atoms with van der Waals surface area (Å²) in [5, 5.41) is 11.7. The lowest BCUT2D eigenvalue weighted by Crippen LogP contribution is -2.44. The van der Waals surface area contributed by atoms with E-state index in [1.165, 1.54) is 258 Å². The van der Waals surface area contributed by atoms with Gasteiger partial charge in [-0.2, -0.15) is 18.4 Å². The standard InChI is InChI=1S/C11H22O.2C11H22.C10H20O.C10H20.C8H15F3.C8H16O.C8H16.C7H13N.C7H16O.2C7H16.C6H13N.C6H12.C5H12/c1-4-11(9-10(2)3)5-7-12-8-6-11;1-10(2)6-9-11(3)7-4-5-8-11;1-4-10-5-7-11(8-6-10)9(2)3;1-9(2)8-10(3)4-6-11-7-5-10;1-4-10(6-5-7-10)8-9(2)3;1-6(2)5-7(3,4)8(9,10)11;1-7(2)6-8-4-3-5-9-8;1-4-8(5-6-8)7(2)3;1-4-7(5-8)6(2)3;1-6(2)8-7(3,4)5;1-6(2)5-7(3)4;1-4-5-6-7(2)3;1-5(2)6-3-7-4-6;1-5(2)6-3-4-6;1-4-5(2)3/h10H,4-9H2,1-3H3;10H,4-9H2,1-3H3;9-11H,4-8H2,1-3H3;9H,4-8H2,1-3H3;9H,4-8H2,1-3H3;6H,5H2,1-4H3;7-8H,3-6H2,1-2H3;7H,4-6H2,1-3H3;6-7H,4H2,1-3H3;6H,1-5H3;6-7H,5H2,1-4H3;7H,4-6H2,1-3H3;5-7H,3-4H2,1-2H3;5-6H,3-4H2,1-2H3;5H,4H2,1-3H3. The maximum Gasteiger partial charge on any atom is 0.393 e. The van der Waals surface area contributed by atoms with Crippen LogP contribution in [0.25, 0.3) is 0 Å². The van der Waals surface area contributed by atoms with Crippen LogP contribution in [-0.4, -0.2) is 70.1 Å². The summed E-state index contributed by atoms with van der Waals surface area (Å²) in [6, 6.07) is 2.25. The van der Waals surface area contributed by atoms with E-state index < -0.39 is 11.6 Å². The van der Waals surface area contributed by atoms with Crippen molar-refractivity contribution in [3.63, 3.8) is 0 Å². The molecule has 0 bridgehead atoms. The van der Waals surface area contributed by atoms with Crippen LogP contribution in [0.5, 0.6) is 0 Å². The molecule has 6 nitrogen and oxygen atoms in total. The Morgan fingerprint density at radius 2 is 0.840 bits per heavy atom. The van der Waals surface area contributed by atoms with Crippen molar-refractivity contribution < 1.29 is 32.1 Å². The Kier molecular flexibility index (Phi) is 84.5. The highest BCUT2D eigenvalue weighted by Gasteiger charge is 2.47. The molecule has 131 heavy (non-hydrogen) atoms. The van der Waals surface area contributed by atoms with Gasteiger partial charge in [0, 0.05) is 39.0 Å². The third-order valence-electron chi connectivity index (χ3n) is 29.8. The number of ether oxygens (including phenoxy) is 4. The topological polar surface area (TPSA) is 72.7 Å². The largest absolute Gasteiger partial charge is 0.393 e. The number of alkyl halides is 3. The van der Waals surface area contributed by atoms with Crippen molar-refractivity contribution in [2.45, 2.75) is 586 Å². The molecule has 0 aromatic rings. The molecule has 0 aromatic heterocycles. The zero-order valence-corrected chi connectivity index (χ0v) is 98.7. The third-order valence-corrected chi connectivity index (χ3v) is 29.8. The van der Waals surface area contributed by atoms with Gasteiger partial charge in [0.05, 0.1) is 29.3 Å². The van der Waals surface area contributed by atoms with Gasteiger partial charge in [-0.05, 0) is 341 Å². The summed E-state index contributed by atoms with van der Waals surface area (Å²) in [4.78, 5) is 0. The number of nitrogens with one attached hydrogen (secondary N) is 1. The summed E-state index contributed by atoms with van der Waals surface area (Å²) in [5.74, 6) is 16.5. The van der Waals surface area contributed by atoms with E-state index in [-0.39, 0.29) is 23.9 Å². The molecule has 1 N–H and O–H groups in total. The van der Waals surface area contributed by atoms with Gasteiger partial charge in [-0.15, -0.1) is 0 Å². The van der Waals surface area contributed by atoms with E-state index in [1.807, 2.05) is 20.8 Å². The normalized spacial score (nSPS) is 20.4. The molecule has 2 atom stereocenters. The van der Waals surface area contributed by atoms with Crippen LogP contribution in [0.4, 0.5) is 13.2 Å². The monoisotopic (exact) mass is 1870 g/mol. The zero-order valence-electron chi connectivity index (χ0n) is 98.7. The lowest BCUT2D eigenvalue weighted by molar-refractivity contribution is -0.216. The minimum Gasteiger partial charge on any atom is -0.381 e. The fraction of sp³-hybridized carbons (Fsp3) is 0.992. The molecular formula is C122H251F3N2O4. The van der Waals surface area contributed by atoms with Gasteiger partial charge in [0.1, 0.15) is 0 Å². The molecule has 0 aromatic carbocycles. The number of unbranched alkanes of at least 4 members (excludes halogenated alkanes) is 1. The van der Waals surface area contributed by atoms with E-state index >= 15 is 0 Å². The fourth-order valence-corrected chi connectivity index (χ4v) is 19.6. The number of hydrogen-bond acceptors (Lipinski definition) is 6. The van der Waals surface area contributed by atoms with Crippen LogP contribution in [0.2, 0.25) is 0 Å². The van der Waals surface area contributed by atoms with Crippen LogP contribution in [0, 0.1) is 162 Å². The Labute approximate surface area is 827 Å². The molecule has 0 radical (unpaired) electrons.